The largest absolute Gasteiger partial charge is 0.480 e. The van der Waals surface area contributed by atoms with Crippen LogP contribution in [0.1, 0.15) is 33.1 Å². The molecular formula is C12H22N2O3. The monoisotopic (exact) mass is 242 g/mol. The molecule has 2 fully saturated rings. The quantitative estimate of drug-likeness (QED) is 0.734. The van der Waals surface area contributed by atoms with Crippen molar-refractivity contribution in [3.05, 3.63) is 0 Å². The van der Waals surface area contributed by atoms with Gasteiger partial charge in [-0.1, -0.05) is 0 Å². The van der Waals surface area contributed by atoms with Crippen molar-refractivity contribution in [1.82, 2.24) is 4.90 Å². The van der Waals surface area contributed by atoms with Gasteiger partial charge < -0.3 is 15.6 Å². The molecule has 2 saturated heterocycles. The summed E-state index contributed by atoms with van der Waals surface area (Å²) in [5, 5.41) is 9.11. The third-order valence-electron chi connectivity index (χ3n) is 3.94. The van der Waals surface area contributed by atoms with Gasteiger partial charge in [0.2, 0.25) is 0 Å². The van der Waals surface area contributed by atoms with Crippen molar-refractivity contribution in [2.75, 3.05) is 19.7 Å². The van der Waals surface area contributed by atoms with Gasteiger partial charge in [-0.2, -0.15) is 0 Å². The molecule has 17 heavy (non-hydrogen) atoms. The molecule has 5 heteroatoms. The van der Waals surface area contributed by atoms with E-state index in [2.05, 4.69) is 18.7 Å². The maximum absolute atomic E-state index is 11.1. The fourth-order valence-electron chi connectivity index (χ4n) is 2.86. The molecule has 5 nitrogen and oxygen atoms in total. The Morgan fingerprint density at radius 3 is 2.76 bits per heavy atom. The van der Waals surface area contributed by atoms with E-state index >= 15 is 0 Å². The predicted molar refractivity (Wildman–Crippen MR) is 63.8 cm³/mol. The molecule has 3 N–H and O–H groups in total. The average molecular weight is 242 g/mol. The molecule has 0 aromatic carbocycles. The maximum Gasteiger partial charge on any atom is 0.325 e. The first-order valence-electron chi connectivity index (χ1n) is 6.23. The molecule has 0 aliphatic carbocycles. The van der Waals surface area contributed by atoms with E-state index in [4.69, 9.17) is 15.6 Å². The normalized spacial score (nSPS) is 38.2. The first kappa shape index (κ1) is 12.8. The minimum Gasteiger partial charge on any atom is -0.480 e. The Kier molecular flexibility index (Phi) is 3.18. The van der Waals surface area contributed by atoms with E-state index in [-0.39, 0.29) is 5.60 Å². The van der Waals surface area contributed by atoms with Gasteiger partial charge in [-0.15, -0.1) is 0 Å². The molecule has 0 bridgehead atoms. The van der Waals surface area contributed by atoms with E-state index in [0.717, 1.165) is 26.0 Å². The molecule has 0 aromatic rings. The van der Waals surface area contributed by atoms with Crippen LogP contribution in [0.3, 0.4) is 0 Å². The van der Waals surface area contributed by atoms with Crippen molar-refractivity contribution in [3.8, 4) is 0 Å². The van der Waals surface area contributed by atoms with Crippen molar-refractivity contribution in [1.29, 1.82) is 0 Å². The van der Waals surface area contributed by atoms with Crippen LogP contribution >= 0.6 is 0 Å². The number of nitrogens with two attached hydrogens (primary N) is 1. The molecule has 2 aliphatic rings. The zero-order chi connectivity index (χ0) is 12.7. The summed E-state index contributed by atoms with van der Waals surface area (Å²) in [6, 6.07) is 0.406. The van der Waals surface area contributed by atoms with Crippen LogP contribution in [0.2, 0.25) is 0 Å². The maximum atomic E-state index is 11.1. The van der Waals surface area contributed by atoms with Crippen molar-refractivity contribution < 1.29 is 14.6 Å². The van der Waals surface area contributed by atoms with E-state index in [1.807, 2.05) is 0 Å². The van der Waals surface area contributed by atoms with Crippen LogP contribution in [-0.2, 0) is 9.53 Å². The summed E-state index contributed by atoms with van der Waals surface area (Å²) >= 11 is 0. The van der Waals surface area contributed by atoms with Gasteiger partial charge in [-0.3, -0.25) is 9.69 Å². The molecular weight excluding hydrogens is 220 g/mol. The van der Waals surface area contributed by atoms with Crippen molar-refractivity contribution in [2.24, 2.45) is 5.73 Å². The van der Waals surface area contributed by atoms with Crippen molar-refractivity contribution in [3.63, 3.8) is 0 Å². The molecule has 2 unspecified atom stereocenters. The third kappa shape index (κ3) is 2.61. The van der Waals surface area contributed by atoms with Crippen molar-refractivity contribution in [2.45, 2.75) is 50.3 Å². The lowest BCUT2D eigenvalue weighted by molar-refractivity contribution is -0.143. The molecule has 98 valence electrons. The van der Waals surface area contributed by atoms with E-state index in [1.165, 1.54) is 0 Å². The standard InChI is InChI=1S/C12H22N2O3/c1-11(2)7-9(3-6-17-11)14-5-4-12(13,8-14)10(15)16/h9H,3-8,13H2,1-2H3,(H,15,16). The van der Waals surface area contributed by atoms with Gasteiger partial charge in [-0.25, -0.2) is 0 Å². The molecule has 2 rings (SSSR count). The number of hydrogen-bond donors (Lipinski definition) is 2. The second kappa shape index (κ2) is 4.23. The van der Waals surface area contributed by atoms with Crippen LogP contribution in [0.5, 0.6) is 0 Å². The highest BCUT2D eigenvalue weighted by Crippen LogP contribution is 2.31. The summed E-state index contributed by atoms with van der Waals surface area (Å²) in [6.07, 6.45) is 2.46. The minimum atomic E-state index is -1.05. The van der Waals surface area contributed by atoms with Gasteiger partial charge in [0.25, 0.3) is 0 Å². The number of carboxylic acids is 1. The first-order valence-corrected chi connectivity index (χ1v) is 6.23. The zero-order valence-corrected chi connectivity index (χ0v) is 10.6. The van der Waals surface area contributed by atoms with Crippen LogP contribution in [0.4, 0.5) is 0 Å². The minimum absolute atomic E-state index is 0.105. The molecule has 0 aromatic heterocycles. The summed E-state index contributed by atoms with van der Waals surface area (Å²) in [6.45, 7) is 6.16. The Morgan fingerprint density at radius 1 is 1.53 bits per heavy atom. The summed E-state index contributed by atoms with van der Waals surface area (Å²) in [5.41, 5.74) is 4.74. The van der Waals surface area contributed by atoms with Crippen molar-refractivity contribution >= 4 is 5.97 Å². The Hall–Kier alpha value is -0.650. The van der Waals surface area contributed by atoms with Crippen LogP contribution in [-0.4, -0.2) is 52.9 Å². The Bertz CT molecular complexity index is 319. The van der Waals surface area contributed by atoms with E-state index in [1.54, 1.807) is 0 Å². The summed E-state index contributed by atoms with van der Waals surface area (Å²) in [4.78, 5) is 13.3. The SMILES string of the molecule is CC1(C)CC(N2CCC(N)(C(=O)O)C2)CCO1. The predicted octanol–water partition coefficient (Wildman–Crippen LogP) is 0.432. The molecule has 2 atom stereocenters. The lowest BCUT2D eigenvalue weighted by atomic mass is 9.93. The van der Waals surface area contributed by atoms with Gasteiger partial charge in [-0.05, 0) is 33.1 Å². The number of hydrogen-bond acceptors (Lipinski definition) is 4. The second-order valence-electron chi connectivity index (χ2n) is 5.94. The fraction of sp³-hybridized carbons (Fsp3) is 0.917. The summed E-state index contributed by atoms with van der Waals surface area (Å²) < 4.78 is 5.68. The second-order valence-corrected chi connectivity index (χ2v) is 5.94. The number of ether oxygens (including phenoxy) is 1. The van der Waals surface area contributed by atoms with E-state index in [0.29, 0.717) is 19.0 Å². The molecule has 0 spiro atoms. The molecule has 2 heterocycles. The lowest BCUT2D eigenvalue weighted by Crippen LogP contribution is -2.52. The van der Waals surface area contributed by atoms with Crippen LogP contribution in [0.15, 0.2) is 0 Å². The van der Waals surface area contributed by atoms with Crippen LogP contribution in [0, 0.1) is 0 Å². The fourth-order valence-corrected chi connectivity index (χ4v) is 2.86. The Labute approximate surface area is 102 Å². The number of nitrogens with zero attached hydrogens (tertiary/aromatic N) is 1. The van der Waals surface area contributed by atoms with E-state index < -0.39 is 11.5 Å². The zero-order valence-electron chi connectivity index (χ0n) is 10.6. The van der Waals surface area contributed by atoms with E-state index in [9.17, 15) is 4.79 Å². The molecule has 0 saturated carbocycles. The first-order chi connectivity index (χ1) is 7.82. The van der Waals surface area contributed by atoms with Gasteiger partial charge >= 0.3 is 5.97 Å². The average Bonchev–Trinajstić information content (AvgIpc) is 2.61. The number of carboxylic acid groups (broad SMARTS) is 1. The lowest BCUT2D eigenvalue weighted by Gasteiger charge is -2.40. The topological polar surface area (TPSA) is 75.8 Å². The van der Waals surface area contributed by atoms with Gasteiger partial charge in [0.1, 0.15) is 5.54 Å². The number of likely N-dealkylation sites (tertiary alicyclic amines) is 1. The Morgan fingerprint density at radius 2 is 2.24 bits per heavy atom. The highest BCUT2D eigenvalue weighted by atomic mass is 16.5. The highest BCUT2D eigenvalue weighted by Gasteiger charge is 2.44. The van der Waals surface area contributed by atoms with Gasteiger partial charge in [0.15, 0.2) is 0 Å². The number of rotatable bonds is 2. The molecule has 0 radical (unpaired) electrons. The number of aliphatic carboxylic acids is 1. The summed E-state index contributed by atoms with van der Waals surface area (Å²) in [7, 11) is 0. The van der Waals surface area contributed by atoms with Gasteiger partial charge in [0, 0.05) is 25.7 Å². The third-order valence-corrected chi connectivity index (χ3v) is 3.94. The smallest absolute Gasteiger partial charge is 0.325 e. The molecule has 2 aliphatic heterocycles. The summed E-state index contributed by atoms with van der Waals surface area (Å²) in [5.74, 6) is -0.883. The van der Waals surface area contributed by atoms with Crippen LogP contribution in [0.25, 0.3) is 0 Å². The number of carbonyl (C=O) groups is 1. The van der Waals surface area contributed by atoms with Gasteiger partial charge in [0.05, 0.1) is 5.60 Å². The highest BCUT2D eigenvalue weighted by molar-refractivity contribution is 5.79. The van der Waals surface area contributed by atoms with Crippen LogP contribution < -0.4 is 5.73 Å². The Balaban J connectivity index is 1.99. The molecule has 0 amide bonds.